The van der Waals surface area contributed by atoms with Crippen molar-refractivity contribution < 1.29 is 9.18 Å². The molecule has 2 aromatic rings. The first kappa shape index (κ1) is 24.6. The zero-order valence-corrected chi connectivity index (χ0v) is 19.0. The number of rotatable bonds is 4. The molecule has 8 heteroatoms. The minimum absolute atomic E-state index is 0. The van der Waals surface area contributed by atoms with Gasteiger partial charge in [-0.3, -0.25) is 9.48 Å². The lowest BCUT2D eigenvalue weighted by atomic mass is 9.65. The molecule has 1 aromatic carbocycles. The van der Waals surface area contributed by atoms with Gasteiger partial charge in [-0.25, -0.2) is 4.39 Å². The van der Waals surface area contributed by atoms with E-state index in [0.29, 0.717) is 11.8 Å². The Bertz CT molecular complexity index is 847. The van der Waals surface area contributed by atoms with E-state index in [0.717, 1.165) is 36.8 Å². The van der Waals surface area contributed by atoms with Crippen LogP contribution in [0.25, 0.3) is 0 Å². The van der Waals surface area contributed by atoms with Crippen LogP contribution in [-0.2, 0) is 11.8 Å². The van der Waals surface area contributed by atoms with Crippen LogP contribution in [0.2, 0.25) is 0 Å². The van der Waals surface area contributed by atoms with Crippen molar-refractivity contribution in [1.82, 2.24) is 14.7 Å². The molecule has 0 spiro atoms. The SMILES string of the molecule is CN(C(=O)C1CC2CCCC(C1)C2N)C(c1cccc(F)c1)c1cnn(C)c1.Cl.Cl. The van der Waals surface area contributed by atoms with Crippen molar-refractivity contribution in [2.45, 2.75) is 44.2 Å². The molecule has 1 heterocycles. The van der Waals surface area contributed by atoms with Crippen LogP contribution in [0, 0.1) is 23.6 Å². The van der Waals surface area contributed by atoms with Gasteiger partial charge >= 0.3 is 0 Å². The number of fused-ring (bicyclic) bond motifs is 2. The molecule has 3 atom stereocenters. The van der Waals surface area contributed by atoms with Gasteiger partial charge in [-0.05, 0) is 55.2 Å². The molecule has 0 aliphatic heterocycles. The Hall–Kier alpha value is -1.63. The molecule has 0 saturated heterocycles. The number of nitrogens with zero attached hydrogens (tertiary/aromatic N) is 3. The second-order valence-corrected chi connectivity index (χ2v) is 8.55. The normalized spacial score (nSPS) is 26.1. The second-order valence-electron chi connectivity index (χ2n) is 8.55. The molecule has 2 aliphatic rings. The number of halogens is 3. The van der Waals surface area contributed by atoms with E-state index in [1.165, 1.54) is 18.6 Å². The summed E-state index contributed by atoms with van der Waals surface area (Å²) in [5.74, 6) is 0.710. The second kappa shape index (κ2) is 10.1. The molecule has 2 fully saturated rings. The molecule has 2 N–H and O–H groups in total. The summed E-state index contributed by atoms with van der Waals surface area (Å²) in [7, 11) is 3.67. The first-order valence-corrected chi connectivity index (χ1v) is 10.2. The van der Waals surface area contributed by atoms with E-state index >= 15 is 0 Å². The molecule has 2 saturated carbocycles. The molecule has 3 unspecified atom stereocenters. The molecule has 0 radical (unpaired) electrons. The first-order chi connectivity index (χ1) is 13.4. The van der Waals surface area contributed by atoms with Gasteiger partial charge in [0.25, 0.3) is 0 Å². The van der Waals surface area contributed by atoms with E-state index in [-0.39, 0.29) is 54.5 Å². The Labute approximate surface area is 190 Å². The van der Waals surface area contributed by atoms with Crippen LogP contribution < -0.4 is 5.73 Å². The Balaban J connectivity index is 0.00000160. The zero-order chi connectivity index (χ0) is 19.8. The summed E-state index contributed by atoms with van der Waals surface area (Å²) in [6.07, 6.45) is 8.85. The van der Waals surface area contributed by atoms with E-state index in [1.54, 1.807) is 21.8 Å². The topological polar surface area (TPSA) is 64.2 Å². The summed E-state index contributed by atoms with van der Waals surface area (Å²) in [5.41, 5.74) is 8.05. The summed E-state index contributed by atoms with van der Waals surface area (Å²) in [5, 5.41) is 4.26. The van der Waals surface area contributed by atoms with Crippen molar-refractivity contribution >= 4 is 30.7 Å². The van der Waals surface area contributed by atoms with Crippen LogP contribution in [0.3, 0.4) is 0 Å². The number of hydrogen-bond acceptors (Lipinski definition) is 3. The molecular weight excluding hydrogens is 426 g/mol. The summed E-state index contributed by atoms with van der Waals surface area (Å²) < 4.78 is 15.6. The van der Waals surface area contributed by atoms with Crippen molar-refractivity contribution in [3.63, 3.8) is 0 Å². The highest BCUT2D eigenvalue weighted by atomic mass is 35.5. The van der Waals surface area contributed by atoms with Crippen LogP contribution in [0.4, 0.5) is 4.39 Å². The highest BCUT2D eigenvalue weighted by molar-refractivity contribution is 5.85. The molecule has 30 heavy (non-hydrogen) atoms. The number of benzene rings is 1. The molecule has 2 bridgehead atoms. The van der Waals surface area contributed by atoms with Crippen molar-refractivity contribution in [3.8, 4) is 0 Å². The lowest BCUT2D eigenvalue weighted by Gasteiger charge is -2.44. The largest absolute Gasteiger partial charge is 0.334 e. The van der Waals surface area contributed by atoms with Crippen molar-refractivity contribution in [2.24, 2.45) is 30.5 Å². The van der Waals surface area contributed by atoms with Gasteiger partial charge in [0.2, 0.25) is 5.91 Å². The van der Waals surface area contributed by atoms with Gasteiger partial charge in [0.1, 0.15) is 5.82 Å². The Morgan fingerprint density at radius 2 is 1.90 bits per heavy atom. The van der Waals surface area contributed by atoms with Crippen LogP contribution in [0.15, 0.2) is 36.7 Å². The number of carbonyl (C=O) groups is 1. The summed E-state index contributed by atoms with van der Waals surface area (Å²) in [6, 6.07) is 6.38. The molecule has 4 rings (SSSR count). The van der Waals surface area contributed by atoms with Gasteiger partial charge in [-0.2, -0.15) is 5.10 Å². The fraction of sp³-hybridized carbons (Fsp3) is 0.545. The average molecular weight is 457 g/mol. The molecule has 2 aliphatic carbocycles. The predicted octanol–water partition coefficient (Wildman–Crippen LogP) is 4.10. The maximum absolute atomic E-state index is 13.9. The van der Waals surface area contributed by atoms with Crippen LogP contribution in [0.5, 0.6) is 0 Å². The fourth-order valence-electron chi connectivity index (χ4n) is 5.30. The predicted molar refractivity (Wildman–Crippen MR) is 120 cm³/mol. The van der Waals surface area contributed by atoms with E-state index in [9.17, 15) is 9.18 Å². The maximum atomic E-state index is 13.9. The minimum Gasteiger partial charge on any atom is -0.334 e. The standard InChI is InChI=1S/C22H29FN4O.2ClH/c1-26-13-18(12-25-26)21(16-7-4-8-19(23)11-16)27(2)22(28)17-9-14-5-3-6-15(10-17)20(14)24;;/h4,7-8,11-15,17,20-21H,3,5-6,9-10,24H2,1-2H3;2*1H. The summed E-state index contributed by atoms with van der Waals surface area (Å²) in [4.78, 5) is 15.3. The van der Waals surface area contributed by atoms with E-state index < -0.39 is 0 Å². The van der Waals surface area contributed by atoms with Gasteiger partial charge in [-0.15, -0.1) is 24.8 Å². The first-order valence-electron chi connectivity index (χ1n) is 10.2. The Morgan fingerprint density at radius 1 is 1.23 bits per heavy atom. The highest BCUT2D eigenvalue weighted by Gasteiger charge is 2.42. The van der Waals surface area contributed by atoms with Gasteiger partial charge in [0, 0.05) is 37.8 Å². The number of hydrogen-bond donors (Lipinski definition) is 1. The number of nitrogens with two attached hydrogens (primary N) is 1. The highest BCUT2D eigenvalue weighted by Crippen LogP contribution is 2.43. The molecule has 166 valence electrons. The van der Waals surface area contributed by atoms with Gasteiger partial charge in [-0.1, -0.05) is 18.6 Å². The molecule has 5 nitrogen and oxygen atoms in total. The van der Waals surface area contributed by atoms with E-state index in [4.69, 9.17) is 5.73 Å². The third kappa shape index (κ3) is 4.82. The zero-order valence-electron chi connectivity index (χ0n) is 17.4. The molecular formula is C22H31Cl2FN4O. The van der Waals surface area contributed by atoms with Gasteiger partial charge < -0.3 is 10.6 Å². The minimum atomic E-state index is -0.354. The quantitative estimate of drug-likeness (QED) is 0.752. The van der Waals surface area contributed by atoms with Crippen molar-refractivity contribution in [1.29, 1.82) is 0 Å². The summed E-state index contributed by atoms with van der Waals surface area (Å²) in [6.45, 7) is 0. The fourth-order valence-corrected chi connectivity index (χ4v) is 5.30. The lowest BCUT2D eigenvalue weighted by molar-refractivity contribution is -0.138. The van der Waals surface area contributed by atoms with E-state index in [1.807, 2.05) is 26.4 Å². The van der Waals surface area contributed by atoms with Crippen LogP contribution in [-0.4, -0.2) is 33.7 Å². The summed E-state index contributed by atoms with van der Waals surface area (Å²) >= 11 is 0. The van der Waals surface area contributed by atoms with Crippen LogP contribution >= 0.6 is 24.8 Å². The molecule has 1 aromatic heterocycles. The van der Waals surface area contributed by atoms with Crippen molar-refractivity contribution in [3.05, 3.63) is 53.6 Å². The van der Waals surface area contributed by atoms with E-state index in [2.05, 4.69) is 5.10 Å². The molecule has 1 amide bonds. The number of aromatic nitrogens is 2. The average Bonchev–Trinajstić information content (AvgIpc) is 3.07. The number of aryl methyl sites for hydroxylation is 1. The number of carbonyl (C=O) groups excluding carboxylic acids is 1. The lowest BCUT2D eigenvalue weighted by Crippen LogP contribution is -2.49. The van der Waals surface area contributed by atoms with Crippen molar-refractivity contribution in [2.75, 3.05) is 7.05 Å². The number of amides is 1. The Morgan fingerprint density at radius 3 is 2.47 bits per heavy atom. The maximum Gasteiger partial charge on any atom is 0.226 e. The van der Waals surface area contributed by atoms with Gasteiger partial charge in [0.15, 0.2) is 0 Å². The Kier molecular flexibility index (Phi) is 8.31. The monoisotopic (exact) mass is 456 g/mol. The van der Waals surface area contributed by atoms with Gasteiger partial charge in [0.05, 0.1) is 12.2 Å². The smallest absolute Gasteiger partial charge is 0.226 e. The third-order valence-corrected chi connectivity index (χ3v) is 6.70. The third-order valence-electron chi connectivity index (χ3n) is 6.70. The van der Waals surface area contributed by atoms with Crippen LogP contribution in [0.1, 0.15) is 49.3 Å².